The lowest BCUT2D eigenvalue weighted by molar-refractivity contribution is 0.262. The van der Waals surface area contributed by atoms with Crippen molar-refractivity contribution in [1.29, 1.82) is 5.26 Å². The third kappa shape index (κ3) is 3.30. The number of thioether (sulfide) groups is 1. The molecular weight excluding hydrogens is 425 g/mol. The molecule has 3 aromatic rings. The highest BCUT2D eigenvalue weighted by molar-refractivity contribution is 8.13. The molecule has 3 heterocycles. The Kier molecular flexibility index (Phi) is 5.06. The van der Waals surface area contributed by atoms with Gasteiger partial charge in [0.05, 0.1) is 18.2 Å². The zero-order valence-electron chi connectivity index (χ0n) is 17.4. The van der Waals surface area contributed by atoms with Crippen molar-refractivity contribution in [3.05, 3.63) is 77.0 Å². The number of nitriles is 1. The molecule has 2 aromatic heterocycles. The molecule has 32 heavy (non-hydrogen) atoms. The van der Waals surface area contributed by atoms with Crippen LogP contribution in [0.1, 0.15) is 22.3 Å². The van der Waals surface area contributed by atoms with Gasteiger partial charge >= 0.3 is 0 Å². The van der Waals surface area contributed by atoms with Crippen molar-refractivity contribution in [2.45, 2.75) is 18.4 Å². The Hall–Kier alpha value is -3.44. The molecule has 1 aliphatic heterocycles. The Morgan fingerprint density at radius 2 is 2.12 bits per heavy atom. The molecule has 0 saturated carbocycles. The number of methoxy groups -OCH3 is 1. The van der Waals surface area contributed by atoms with Crippen LogP contribution in [0.25, 0.3) is 11.1 Å². The molecule has 2 aliphatic rings. The fourth-order valence-electron chi connectivity index (χ4n) is 4.73. The fourth-order valence-corrected chi connectivity index (χ4v) is 5.72. The normalized spacial score (nSPS) is 21.7. The Bertz CT molecular complexity index is 1290. The number of amidine groups is 1. The summed E-state index contributed by atoms with van der Waals surface area (Å²) < 4.78 is 21.0. The third-order valence-corrected chi connectivity index (χ3v) is 7.23. The summed E-state index contributed by atoms with van der Waals surface area (Å²) in [5.41, 5.74) is 9.87. The van der Waals surface area contributed by atoms with Gasteiger partial charge in [-0.05, 0) is 41.8 Å². The van der Waals surface area contributed by atoms with Crippen molar-refractivity contribution >= 4 is 16.9 Å². The molecule has 0 saturated heterocycles. The van der Waals surface area contributed by atoms with E-state index < -0.39 is 5.54 Å². The highest BCUT2D eigenvalue weighted by atomic mass is 32.2. The van der Waals surface area contributed by atoms with E-state index in [4.69, 9.17) is 15.5 Å². The topological polar surface area (TPSA) is 97.2 Å². The predicted octanol–water partition coefficient (Wildman–Crippen LogP) is 3.83. The molecule has 5 rings (SSSR count). The summed E-state index contributed by atoms with van der Waals surface area (Å²) in [6, 6.07) is 10.8. The van der Waals surface area contributed by atoms with Gasteiger partial charge in [-0.25, -0.2) is 9.37 Å². The van der Waals surface area contributed by atoms with E-state index in [1.165, 1.54) is 24.0 Å². The van der Waals surface area contributed by atoms with Gasteiger partial charge in [0.1, 0.15) is 11.9 Å². The van der Waals surface area contributed by atoms with Crippen LogP contribution in [-0.2, 0) is 18.4 Å². The lowest BCUT2D eigenvalue weighted by Crippen LogP contribution is -2.46. The van der Waals surface area contributed by atoms with E-state index in [1.54, 1.807) is 31.6 Å². The second kappa shape index (κ2) is 7.92. The molecule has 1 aliphatic carbocycles. The van der Waals surface area contributed by atoms with Crippen LogP contribution in [0, 0.1) is 23.1 Å². The van der Waals surface area contributed by atoms with Crippen LogP contribution in [0.5, 0.6) is 5.88 Å². The van der Waals surface area contributed by atoms with Crippen molar-refractivity contribution < 1.29 is 9.13 Å². The van der Waals surface area contributed by atoms with E-state index in [0.717, 1.165) is 34.4 Å². The number of ether oxygens (including phenoxy) is 1. The number of pyridine rings is 2. The second-order valence-corrected chi connectivity index (χ2v) is 9.03. The average molecular weight is 446 g/mol. The first kappa shape index (κ1) is 20.5. The largest absolute Gasteiger partial charge is 0.481 e. The van der Waals surface area contributed by atoms with E-state index in [0.29, 0.717) is 28.6 Å². The molecule has 0 radical (unpaired) electrons. The van der Waals surface area contributed by atoms with E-state index in [2.05, 4.69) is 16.0 Å². The molecule has 0 spiro atoms. The van der Waals surface area contributed by atoms with Crippen molar-refractivity contribution in [2.24, 2.45) is 16.6 Å². The summed E-state index contributed by atoms with van der Waals surface area (Å²) in [7, 11) is 1.59. The summed E-state index contributed by atoms with van der Waals surface area (Å²) >= 11 is 1.51. The number of aliphatic imine (C=N–C) groups is 1. The third-order valence-electron chi connectivity index (χ3n) is 6.27. The molecular formula is C24H20FN5OS. The fraction of sp³-hybridized carbons (Fsp3) is 0.250. The van der Waals surface area contributed by atoms with Gasteiger partial charge in [-0.1, -0.05) is 17.8 Å². The van der Waals surface area contributed by atoms with Gasteiger partial charge in [0.15, 0.2) is 5.17 Å². The summed E-state index contributed by atoms with van der Waals surface area (Å²) in [6.45, 7) is 0. The smallest absolute Gasteiger partial charge is 0.216 e. The van der Waals surface area contributed by atoms with Gasteiger partial charge in [-0.15, -0.1) is 0 Å². The van der Waals surface area contributed by atoms with Crippen molar-refractivity contribution in [2.75, 3.05) is 12.9 Å². The van der Waals surface area contributed by atoms with Crippen LogP contribution >= 0.6 is 11.8 Å². The minimum atomic E-state index is -0.862. The van der Waals surface area contributed by atoms with Gasteiger partial charge in [-0.3, -0.25) is 9.98 Å². The minimum absolute atomic E-state index is 0.0627. The highest BCUT2D eigenvalue weighted by Crippen LogP contribution is 2.50. The van der Waals surface area contributed by atoms with Crippen LogP contribution in [0.2, 0.25) is 0 Å². The van der Waals surface area contributed by atoms with Gasteiger partial charge in [0.25, 0.3) is 0 Å². The molecule has 8 heteroatoms. The summed E-state index contributed by atoms with van der Waals surface area (Å²) in [4.78, 5) is 13.4. The van der Waals surface area contributed by atoms with E-state index in [9.17, 15) is 5.26 Å². The molecule has 2 atom stereocenters. The number of fused-ring (bicyclic) bond motifs is 2. The van der Waals surface area contributed by atoms with E-state index >= 15 is 4.39 Å². The van der Waals surface area contributed by atoms with Crippen molar-refractivity contribution in [3.8, 4) is 23.1 Å². The first-order valence-corrected chi connectivity index (χ1v) is 11.2. The molecule has 2 N–H and O–H groups in total. The number of nitrogens with two attached hydrogens (primary N) is 1. The lowest BCUT2D eigenvalue weighted by Gasteiger charge is -2.45. The highest BCUT2D eigenvalue weighted by Gasteiger charge is 2.48. The SMILES string of the molecule is COc1nccc2c1C[C@@]1(c3cc(-c4cncc(C#N)c4)ccc3F)N=C(N)SC[C@H]1C2. The number of hydrogen-bond donors (Lipinski definition) is 1. The van der Waals surface area contributed by atoms with Gasteiger partial charge in [0, 0.05) is 53.4 Å². The molecule has 0 unspecified atom stereocenters. The van der Waals surface area contributed by atoms with Crippen LogP contribution in [-0.4, -0.2) is 28.0 Å². The van der Waals surface area contributed by atoms with Crippen LogP contribution in [0.3, 0.4) is 0 Å². The van der Waals surface area contributed by atoms with Crippen LogP contribution < -0.4 is 10.5 Å². The predicted molar refractivity (Wildman–Crippen MR) is 122 cm³/mol. The number of nitrogens with zero attached hydrogens (tertiary/aromatic N) is 4. The zero-order chi connectivity index (χ0) is 22.3. The van der Waals surface area contributed by atoms with Gasteiger partial charge in [-0.2, -0.15) is 5.26 Å². The first-order valence-electron chi connectivity index (χ1n) is 10.2. The number of aromatic nitrogens is 2. The Morgan fingerprint density at radius 1 is 1.25 bits per heavy atom. The van der Waals surface area contributed by atoms with Crippen molar-refractivity contribution in [1.82, 2.24) is 9.97 Å². The maximum absolute atomic E-state index is 15.4. The average Bonchev–Trinajstić information content (AvgIpc) is 2.82. The Balaban J connectivity index is 1.70. The number of halogens is 1. The lowest BCUT2D eigenvalue weighted by atomic mass is 9.67. The maximum atomic E-state index is 15.4. The molecule has 0 fully saturated rings. The van der Waals surface area contributed by atoms with Gasteiger partial charge < -0.3 is 10.5 Å². The monoisotopic (exact) mass is 445 g/mol. The Labute approximate surface area is 189 Å². The molecule has 1 aromatic carbocycles. The number of rotatable bonds is 3. The van der Waals surface area contributed by atoms with E-state index in [1.807, 2.05) is 12.1 Å². The summed E-state index contributed by atoms with van der Waals surface area (Å²) in [6.07, 6.45) is 6.09. The standard InChI is InChI=1S/C24H20FN5OS/c1-31-22-19-9-24(18(13-32-23(27)30-24)7-16(19)4-5-29-22)20-8-15(2-3-21(20)25)17-6-14(10-26)11-28-12-17/h2-6,8,11-12,18H,7,9,13H2,1H3,(H2,27,30)/t18-,24-/m1/s1. The quantitative estimate of drug-likeness (QED) is 0.658. The van der Waals surface area contributed by atoms with Crippen molar-refractivity contribution in [3.63, 3.8) is 0 Å². The molecule has 0 bridgehead atoms. The summed E-state index contributed by atoms with van der Waals surface area (Å²) in [5.74, 6) is 1.01. The summed E-state index contributed by atoms with van der Waals surface area (Å²) in [5, 5.41) is 9.68. The maximum Gasteiger partial charge on any atom is 0.216 e. The first-order chi connectivity index (χ1) is 15.5. The van der Waals surface area contributed by atoms with E-state index in [-0.39, 0.29) is 11.7 Å². The number of benzene rings is 1. The molecule has 160 valence electrons. The number of hydrogen-bond acceptors (Lipinski definition) is 7. The van der Waals surface area contributed by atoms with Crippen LogP contribution in [0.15, 0.2) is 53.9 Å². The molecule has 0 amide bonds. The minimum Gasteiger partial charge on any atom is -0.481 e. The Morgan fingerprint density at radius 3 is 2.94 bits per heavy atom. The molecule has 6 nitrogen and oxygen atoms in total. The second-order valence-electron chi connectivity index (χ2n) is 7.99. The zero-order valence-corrected chi connectivity index (χ0v) is 18.2. The van der Waals surface area contributed by atoms with Gasteiger partial charge in [0.2, 0.25) is 5.88 Å². The van der Waals surface area contributed by atoms with Crippen LogP contribution in [0.4, 0.5) is 4.39 Å².